The van der Waals surface area contributed by atoms with Gasteiger partial charge in [-0.15, -0.1) is 0 Å². The van der Waals surface area contributed by atoms with Gasteiger partial charge in [0.2, 0.25) is 0 Å². The van der Waals surface area contributed by atoms with Crippen LogP contribution in [0.3, 0.4) is 0 Å². The number of amides is 1. The number of aliphatic hydroxyl groups is 1. The summed E-state index contributed by atoms with van der Waals surface area (Å²) in [6.45, 7) is 0.983. The van der Waals surface area contributed by atoms with Crippen molar-refractivity contribution in [3.8, 4) is 0 Å². The summed E-state index contributed by atoms with van der Waals surface area (Å²) in [5.74, 6) is -0.115. The minimum atomic E-state index is -0.405. The largest absolute Gasteiger partial charge is 0.398 e. The number of aliphatic hydroxyl groups excluding tert-OH is 1. The van der Waals surface area contributed by atoms with E-state index < -0.39 is 6.10 Å². The number of hydrogen-bond donors (Lipinski definition) is 2. The second-order valence-electron chi connectivity index (χ2n) is 3.93. The normalized spacial score (nSPS) is 20.1. The van der Waals surface area contributed by atoms with Crippen molar-refractivity contribution in [1.82, 2.24) is 4.90 Å². The molecule has 2 rings (SSSR count). The molecule has 3 N–H and O–H groups in total. The number of carbonyl (C=O) groups is 1. The lowest BCUT2D eigenvalue weighted by Crippen LogP contribution is -2.30. The van der Waals surface area contributed by atoms with Crippen molar-refractivity contribution in [2.45, 2.75) is 12.5 Å². The van der Waals surface area contributed by atoms with Crippen molar-refractivity contribution in [3.63, 3.8) is 0 Å². The average Bonchev–Trinajstić information content (AvgIpc) is 2.67. The highest BCUT2D eigenvalue weighted by atomic mass is 79.9. The topological polar surface area (TPSA) is 66.6 Å². The molecular weight excluding hydrogens is 272 g/mol. The van der Waals surface area contributed by atoms with Gasteiger partial charge in [0.15, 0.2) is 0 Å². The minimum Gasteiger partial charge on any atom is -0.398 e. The Balaban J connectivity index is 2.23. The number of β-amino-alcohol motifs (C(OH)–C–C–N with tert-alkyl or cyclic N) is 1. The van der Waals surface area contributed by atoms with E-state index >= 15 is 0 Å². The molecule has 1 aliphatic heterocycles. The van der Waals surface area contributed by atoms with Gasteiger partial charge in [-0.2, -0.15) is 0 Å². The van der Waals surface area contributed by atoms with Crippen LogP contribution in [0.25, 0.3) is 0 Å². The molecule has 1 fully saturated rings. The fourth-order valence-electron chi connectivity index (χ4n) is 1.81. The molecule has 0 radical (unpaired) electrons. The van der Waals surface area contributed by atoms with Crippen molar-refractivity contribution < 1.29 is 9.90 Å². The number of nitrogen functional groups attached to an aromatic ring is 1. The van der Waals surface area contributed by atoms with Crippen molar-refractivity contribution in [2.24, 2.45) is 0 Å². The first-order valence-electron chi connectivity index (χ1n) is 5.10. The van der Waals surface area contributed by atoms with Crippen molar-refractivity contribution in [2.75, 3.05) is 18.8 Å². The summed E-state index contributed by atoms with van der Waals surface area (Å²) < 4.78 is 0.824. The summed E-state index contributed by atoms with van der Waals surface area (Å²) in [7, 11) is 0. The van der Waals surface area contributed by atoms with Crippen LogP contribution in [0.2, 0.25) is 0 Å². The van der Waals surface area contributed by atoms with E-state index in [0.717, 1.165) is 4.47 Å². The molecule has 0 aromatic heterocycles. The van der Waals surface area contributed by atoms with E-state index in [9.17, 15) is 9.90 Å². The molecule has 1 aliphatic rings. The highest BCUT2D eigenvalue weighted by molar-refractivity contribution is 9.10. The first-order valence-corrected chi connectivity index (χ1v) is 5.89. The Morgan fingerprint density at radius 3 is 2.94 bits per heavy atom. The molecule has 86 valence electrons. The van der Waals surface area contributed by atoms with Gasteiger partial charge in [0, 0.05) is 23.2 Å². The van der Waals surface area contributed by atoms with Gasteiger partial charge in [0.05, 0.1) is 11.7 Å². The molecular formula is C11H13BrN2O2. The van der Waals surface area contributed by atoms with Crippen LogP contribution in [0.5, 0.6) is 0 Å². The van der Waals surface area contributed by atoms with E-state index in [-0.39, 0.29) is 5.91 Å². The van der Waals surface area contributed by atoms with E-state index in [1.807, 2.05) is 0 Å². The summed E-state index contributed by atoms with van der Waals surface area (Å²) in [5.41, 5.74) is 6.72. The molecule has 0 spiro atoms. The van der Waals surface area contributed by atoms with Gasteiger partial charge in [-0.25, -0.2) is 0 Å². The van der Waals surface area contributed by atoms with Gasteiger partial charge in [-0.3, -0.25) is 4.79 Å². The van der Waals surface area contributed by atoms with E-state index in [1.54, 1.807) is 23.1 Å². The number of likely N-dealkylation sites (tertiary alicyclic amines) is 1. The van der Waals surface area contributed by atoms with E-state index in [0.29, 0.717) is 30.8 Å². The predicted molar refractivity (Wildman–Crippen MR) is 65.1 cm³/mol. The van der Waals surface area contributed by atoms with Gasteiger partial charge in [0.25, 0.3) is 5.91 Å². The number of hydrogen-bond acceptors (Lipinski definition) is 3. The molecule has 1 heterocycles. The Kier molecular flexibility index (Phi) is 3.16. The van der Waals surface area contributed by atoms with Crippen LogP contribution in [0, 0.1) is 0 Å². The molecule has 1 aromatic carbocycles. The molecule has 1 atom stereocenters. The van der Waals surface area contributed by atoms with Gasteiger partial charge in [-0.05, 0) is 24.6 Å². The summed E-state index contributed by atoms with van der Waals surface area (Å²) in [5, 5.41) is 9.38. The van der Waals surface area contributed by atoms with Gasteiger partial charge < -0.3 is 15.7 Å². The number of rotatable bonds is 1. The number of carbonyl (C=O) groups excluding carboxylic acids is 1. The number of anilines is 1. The molecule has 1 saturated heterocycles. The molecule has 1 amide bonds. The first-order chi connectivity index (χ1) is 7.58. The zero-order chi connectivity index (χ0) is 11.7. The van der Waals surface area contributed by atoms with Crippen LogP contribution in [-0.2, 0) is 0 Å². The fourth-order valence-corrected chi connectivity index (χ4v) is 2.17. The SMILES string of the molecule is Nc1ccc(Br)cc1C(=O)N1CC[C@H](O)C1. The molecule has 4 nitrogen and oxygen atoms in total. The Hall–Kier alpha value is -1.07. The summed E-state index contributed by atoms with van der Waals surface area (Å²) >= 11 is 3.31. The number of nitrogens with two attached hydrogens (primary N) is 1. The van der Waals surface area contributed by atoms with Crippen LogP contribution < -0.4 is 5.73 Å². The highest BCUT2D eigenvalue weighted by Gasteiger charge is 2.26. The minimum absolute atomic E-state index is 0.115. The second-order valence-corrected chi connectivity index (χ2v) is 4.84. The van der Waals surface area contributed by atoms with Crippen molar-refractivity contribution in [1.29, 1.82) is 0 Å². The lowest BCUT2D eigenvalue weighted by molar-refractivity contribution is 0.0766. The third-order valence-corrected chi connectivity index (χ3v) is 3.19. The second kappa shape index (κ2) is 4.43. The molecule has 0 aliphatic carbocycles. The molecule has 0 bridgehead atoms. The van der Waals surface area contributed by atoms with Crippen LogP contribution in [0.4, 0.5) is 5.69 Å². The molecule has 16 heavy (non-hydrogen) atoms. The third-order valence-electron chi connectivity index (χ3n) is 2.70. The van der Waals surface area contributed by atoms with Crippen LogP contribution in [0.1, 0.15) is 16.8 Å². The van der Waals surface area contributed by atoms with Crippen LogP contribution in [0.15, 0.2) is 22.7 Å². The quantitative estimate of drug-likeness (QED) is 0.763. The highest BCUT2D eigenvalue weighted by Crippen LogP contribution is 2.22. The summed E-state index contributed by atoms with van der Waals surface area (Å²) in [4.78, 5) is 13.7. The lowest BCUT2D eigenvalue weighted by atomic mass is 10.1. The zero-order valence-corrected chi connectivity index (χ0v) is 10.3. The van der Waals surface area contributed by atoms with Crippen molar-refractivity contribution in [3.05, 3.63) is 28.2 Å². The molecule has 0 unspecified atom stereocenters. The predicted octanol–water partition coefficient (Wildman–Crippen LogP) is 1.24. The van der Waals surface area contributed by atoms with Crippen LogP contribution in [-0.4, -0.2) is 35.1 Å². The van der Waals surface area contributed by atoms with E-state index in [2.05, 4.69) is 15.9 Å². The Morgan fingerprint density at radius 1 is 1.56 bits per heavy atom. The first kappa shape index (κ1) is 11.4. The number of nitrogens with zero attached hydrogens (tertiary/aromatic N) is 1. The average molecular weight is 285 g/mol. The molecule has 0 saturated carbocycles. The Bertz CT molecular complexity index is 422. The van der Waals surface area contributed by atoms with Crippen LogP contribution >= 0.6 is 15.9 Å². The van der Waals surface area contributed by atoms with Gasteiger partial charge in [-0.1, -0.05) is 15.9 Å². The van der Waals surface area contributed by atoms with E-state index in [4.69, 9.17) is 5.73 Å². The summed E-state index contributed by atoms with van der Waals surface area (Å²) in [6.07, 6.45) is 0.233. The molecule has 5 heteroatoms. The Morgan fingerprint density at radius 2 is 2.31 bits per heavy atom. The maximum absolute atomic E-state index is 12.1. The monoisotopic (exact) mass is 284 g/mol. The molecule has 1 aromatic rings. The third kappa shape index (κ3) is 2.20. The fraction of sp³-hybridized carbons (Fsp3) is 0.364. The zero-order valence-electron chi connectivity index (χ0n) is 8.69. The van der Waals surface area contributed by atoms with Crippen molar-refractivity contribution >= 4 is 27.5 Å². The summed E-state index contributed by atoms with van der Waals surface area (Å²) in [6, 6.07) is 5.21. The maximum atomic E-state index is 12.1. The number of benzene rings is 1. The van der Waals surface area contributed by atoms with E-state index in [1.165, 1.54) is 0 Å². The smallest absolute Gasteiger partial charge is 0.256 e. The Labute approximate surface area is 102 Å². The van der Waals surface area contributed by atoms with Gasteiger partial charge >= 0.3 is 0 Å². The maximum Gasteiger partial charge on any atom is 0.256 e. The lowest BCUT2D eigenvalue weighted by Gasteiger charge is -2.16. The number of halogens is 1. The standard InChI is InChI=1S/C11H13BrN2O2/c12-7-1-2-10(13)9(5-7)11(16)14-4-3-8(15)6-14/h1-2,5,8,15H,3-4,6,13H2/t8-/m0/s1. The van der Waals surface area contributed by atoms with Gasteiger partial charge in [0.1, 0.15) is 0 Å².